The first kappa shape index (κ1) is 23.2. The summed E-state index contributed by atoms with van der Waals surface area (Å²) in [5.41, 5.74) is 1.75. The second-order valence-corrected chi connectivity index (χ2v) is 9.82. The fourth-order valence-corrected chi connectivity index (χ4v) is 4.97. The van der Waals surface area contributed by atoms with E-state index in [-0.39, 0.29) is 12.5 Å². The number of piperazine rings is 1. The second kappa shape index (κ2) is 10.3. The van der Waals surface area contributed by atoms with Gasteiger partial charge in [-0.15, -0.1) is 0 Å². The lowest BCUT2D eigenvalue weighted by molar-refractivity contribution is -0.117. The highest BCUT2D eigenvalue weighted by molar-refractivity contribution is 7.89. The average Bonchev–Trinajstić information content (AvgIpc) is 2.75. The molecule has 31 heavy (non-hydrogen) atoms. The van der Waals surface area contributed by atoms with Crippen LogP contribution in [0.3, 0.4) is 0 Å². The number of nitrogens with zero attached hydrogens (tertiary/aromatic N) is 2. The highest BCUT2D eigenvalue weighted by Crippen LogP contribution is 2.24. The van der Waals surface area contributed by atoms with E-state index in [4.69, 9.17) is 4.74 Å². The number of hydrogen-bond acceptors (Lipinski definition) is 5. The van der Waals surface area contributed by atoms with Gasteiger partial charge in [-0.2, -0.15) is 4.31 Å². The summed E-state index contributed by atoms with van der Waals surface area (Å²) in [7, 11) is -3.53. The normalized spacial score (nSPS) is 15.7. The third-order valence-electron chi connectivity index (χ3n) is 5.34. The number of nitrogens with one attached hydrogen (secondary N) is 1. The van der Waals surface area contributed by atoms with Gasteiger partial charge in [0.2, 0.25) is 15.9 Å². The Bertz CT molecular complexity index is 982. The Morgan fingerprint density at radius 3 is 2.29 bits per heavy atom. The van der Waals surface area contributed by atoms with Gasteiger partial charge in [-0.3, -0.25) is 9.69 Å². The van der Waals surface area contributed by atoms with Crippen LogP contribution < -0.4 is 10.1 Å². The van der Waals surface area contributed by atoms with Crippen LogP contribution >= 0.6 is 0 Å². The van der Waals surface area contributed by atoms with E-state index in [0.717, 1.165) is 5.56 Å². The van der Waals surface area contributed by atoms with Gasteiger partial charge in [0.05, 0.1) is 23.7 Å². The highest BCUT2D eigenvalue weighted by atomic mass is 32.2. The summed E-state index contributed by atoms with van der Waals surface area (Å²) < 4.78 is 32.9. The predicted molar refractivity (Wildman–Crippen MR) is 122 cm³/mol. The van der Waals surface area contributed by atoms with Crippen LogP contribution in [-0.4, -0.2) is 62.9 Å². The van der Waals surface area contributed by atoms with Gasteiger partial charge in [-0.05, 0) is 42.7 Å². The monoisotopic (exact) mass is 445 g/mol. The van der Waals surface area contributed by atoms with Crippen molar-refractivity contribution in [2.24, 2.45) is 0 Å². The number of amides is 1. The Labute approximate surface area is 185 Å². The maximum absolute atomic E-state index is 13.0. The molecule has 0 unspecified atom stereocenters. The van der Waals surface area contributed by atoms with Crippen molar-refractivity contribution in [3.63, 3.8) is 0 Å². The number of sulfonamides is 1. The fourth-order valence-electron chi connectivity index (χ4n) is 3.55. The Morgan fingerprint density at radius 1 is 1.03 bits per heavy atom. The molecule has 0 radical (unpaired) electrons. The smallest absolute Gasteiger partial charge is 0.243 e. The maximum Gasteiger partial charge on any atom is 0.243 e. The number of benzene rings is 2. The molecule has 1 N–H and O–H groups in total. The third kappa shape index (κ3) is 5.84. The summed E-state index contributed by atoms with van der Waals surface area (Å²) in [6.07, 6.45) is 0. The van der Waals surface area contributed by atoms with E-state index >= 15 is 0 Å². The Balaban J connectivity index is 1.55. The van der Waals surface area contributed by atoms with Crippen molar-refractivity contribution in [1.82, 2.24) is 9.21 Å². The molecule has 0 aromatic heterocycles. The molecule has 1 heterocycles. The molecule has 168 valence electrons. The van der Waals surface area contributed by atoms with Crippen molar-refractivity contribution in [2.75, 3.05) is 44.6 Å². The lowest BCUT2D eigenvalue weighted by atomic mass is 10.0. The first-order valence-corrected chi connectivity index (χ1v) is 12.1. The molecule has 0 atom stereocenters. The average molecular weight is 446 g/mol. The second-order valence-electron chi connectivity index (χ2n) is 7.88. The fraction of sp³-hybridized carbons (Fsp3) is 0.435. The van der Waals surface area contributed by atoms with Crippen LogP contribution in [0.1, 0.15) is 32.3 Å². The van der Waals surface area contributed by atoms with Gasteiger partial charge < -0.3 is 10.1 Å². The minimum absolute atomic E-state index is 0.146. The molecule has 8 heteroatoms. The SMILES string of the molecule is CCOc1ccccc1NC(=O)CN1CCN(S(=O)(=O)c2ccc(C(C)C)cc2)CC1. The molecule has 2 aromatic rings. The summed E-state index contributed by atoms with van der Waals surface area (Å²) in [5, 5.41) is 2.89. The van der Waals surface area contributed by atoms with Crippen molar-refractivity contribution in [3.05, 3.63) is 54.1 Å². The van der Waals surface area contributed by atoms with Crippen LogP contribution in [-0.2, 0) is 14.8 Å². The van der Waals surface area contributed by atoms with Crippen LogP contribution in [0.25, 0.3) is 0 Å². The zero-order valence-electron chi connectivity index (χ0n) is 18.4. The third-order valence-corrected chi connectivity index (χ3v) is 7.26. The molecule has 2 aromatic carbocycles. The molecule has 3 rings (SSSR count). The van der Waals surface area contributed by atoms with Crippen molar-refractivity contribution in [1.29, 1.82) is 0 Å². The van der Waals surface area contributed by atoms with E-state index in [1.54, 1.807) is 18.2 Å². The first-order chi connectivity index (χ1) is 14.8. The largest absolute Gasteiger partial charge is 0.492 e. The Kier molecular flexibility index (Phi) is 7.69. The van der Waals surface area contributed by atoms with E-state index in [1.165, 1.54) is 4.31 Å². The maximum atomic E-state index is 13.0. The number of carbonyl (C=O) groups excluding carboxylic acids is 1. The van der Waals surface area contributed by atoms with Crippen LogP contribution in [0.15, 0.2) is 53.4 Å². The summed E-state index contributed by atoms with van der Waals surface area (Å²) >= 11 is 0. The molecule has 1 aliphatic rings. The van der Waals surface area contributed by atoms with Gasteiger partial charge in [0.1, 0.15) is 5.75 Å². The van der Waals surface area contributed by atoms with Gasteiger partial charge in [-0.1, -0.05) is 38.1 Å². The van der Waals surface area contributed by atoms with E-state index in [1.807, 2.05) is 42.2 Å². The summed E-state index contributed by atoms with van der Waals surface area (Å²) in [6, 6.07) is 14.4. The number of hydrogen-bond donors (Lipinski definition) is 1. The quantitative estimate of drug-likeness (QED) is 0.675. The van der Waals surface area contributed by atoms with Gasteiger partial charge in [0.15, 0.2) is 0 Å². The van der Waals surface area contributed by atoms with E-state index < -0.39 is 10.0 Å². The number of anilines is 1. The lowest BCUT2D eigenvalue weighted by Gasteiger charge is -2.33. The standard InChI is InChI=1S/C23H31N3O4S/c1-4-30-22-8-6-5-7-21(22)24-23(27)17-25-13-15-26(16-14-25)31(28,29)20-11-9-19(10-12-20)18(2)3/h5-12,18H,4,13-17H2,1-3H3,(H,24,27). The molecule has 0 bridgehead atoms. The molecule has 7 nitrogen and oxygen atoms in total. The van der Waals surface area contributed by atoms with Gasteiger partial charge in [0, 0.05) is 26.2 Å². The van der Waals surface area contributed by atoms with Crippen molar-refractivity contribution < 1.29 is 17.9 Å². The molecular weight excluding hydrogens is 414 g/mol. The number of ether oxygens (including phenoxy) is 1. The molecule has 1 aliphatic heterocycles. The van der Waals surface area contributed by atoms with Crippen molar-refractivity contribution in [3.8, 4) is 5.75 Å². The Hall–Kier alpha value is -2.42. The minimum Gasteiger partial charge on any atom is -0.492 e. The molecule has 1 amide bonds. The van der Waals surface area contributed by atoms with Crippen LogP contribution in [0.2, 0.25) is 0 Å². The molecule has 1 fully saturated rings. The predicted octanol–water partition coefficient (Wildman–Crippen LogP) is 3.15. The first-order valence-electron chi connectivity index (χ1n) is 10.7. The van der Waals surface area contributed by atoms with Crippen molar-refractivity contribution >= 4 is 21.6 Å². The topological polar surface area (TPSA) is 79.0 Å². The summed E-state index contributed by atoms with van der Waals surface area (Å²) in [4.78, 5) is 14.8. The van der Waals surface area contributed by atoms with Crippen LogP contribution in [0, 0.1) is 0 Å². The number of rotatable bonds is 8. The van der Waals surface area contributed by atoms with Gasteiger partial charge >= 0.3 is 0 Å². The van der Waals surface area contributed by atoms with E-state index in [9.17, 15) is 13.2 Å². The molecule has 0 saturated carbocycles. The number of para-hydroxylation sites is 2. The van der Waals surface area contributed by atoms with Gasteiger partial charge in [0.25, 0.3) is 0 Å². The van der Waals surface area contributed by atoms with E-state index in [0.29, 0.717) is 55.0 Å². The molecular formula is C23H31N3O4S. The zero-order chi connectivity index (χ0) is 22.4. The highest BCUT2D eigenvalue weighted by Gasteiger charge is 2.29. The van der Waals surface area contributed by atoms with Crippen molar-refractivity contribution in [2.45, 2.75) is 31.6 Å². The zero-order valence-corrected chi connectivity index (χ0v) is 19.2. The summed E-state index contributed by atoms with van der Waals surface area (Å²) in [6.45, 7) is 8.50. The van der Waals surface area contributed by atoms with E-state index in [2.05, 4.69) is 19.2 Å². The van der Waals surface area contributed by atoms with Crippen LogP contribution in [0.5, 0.6) is 5.75 Å². The Morgan fingerprint density at radius 2 is 1.68 bits per heavy atom. The number of carbonyl (C=O) groups is 1. The lowest BCUT2D eigenvalue weighted by Crippen LogP contribution is -2.50. The molecule has 0 aliphatic carbocycles. The molecule has 1 saturated heterocycles. The molecule has 0 spiro atoms. The van der Waals surface area contributed by atoms with Gasteiger partial charge in [-0.25, -0.2) is 8.42 Å². The van der Waals surface area contributed by atoms with Crippen LogP contribution in [0.4, 0.5) is 5.69 Å². The summed E-state index contributed by atoms with van der Waals surface area (Å²) in [5.74, 6) is 0.845. The minimum atomic E-state index is -3.53.